The van der Waals surface area contributed by atoms with Gasteiger partial charge in [-0.3, -0.25) is 0 Å². The van der Waals surface area contributed by atoms with Crippen molar-refractivity contribution in [3.63, 3.8) is 0 Å². The van der Waals surface area contributed by atoms with E-state index in [0.29, 0.717) is 6.04 Å². The quantitative estimate of drug-likeness (QED) is 0.635. The molecule has 0 heterocycles. The van der Waals surface area contributed by atoms with Crippen LogP contribution < -0.4 is 5.32 Å². The molecule has 1 N–H and O–H groups in total. The number of hydrogen-bond donors (Lipinski definition) is 1. The molecule has 0 amide bonds. The van der Waals surface area contributed by atoms with E-state index >= 15 is 0 Å². The average molecular weight is 223 g/mol. The van der Waals surface area contributed by atoms with Crippen LogP contribution >= 0.6 is 0 Å². The fraction of sp³-hybridized carbons (Fsp3) is 0.867. The van der Waals surface area contributed by atoms with Gasteiger partial charge in [0.05, 0.1) is 0 Å². The highest BCUT2D eigenvalue weighted by Crippen LogP contribution is 2.28. The molecule has 1 atom stereocenters. The van der Waals surface area contributed by atoms with Gasteiger partial charge in [-0.2, -0.15) is 0 Å². The van der Waals surface area contributed by atoms with E-state index < -0.39 is 0 Å². The monoisotopic (exact) mass is 223 g/mol. The lowest BCUT2D eigenvalue weighted by Crippen LogP contribution is -2.39. The van der Waals surface area contributed by atoms with Crippen LogP contribution in [-0.2, 0) is 0 Å². The second-order valence-electron chi connectivity index (χ2n) is 5.44. The number of allylic oxidation sites excluding steroid dienone is 1. The first-order chi connectivity index (χ1) is 7.76. The highest BCUT2D eigenvalue weighted by atomic mass is 14.9. The molecular formula is C15H29N. The number of hydrogen-bond acceptors (Lipinski definition) is 1. The maximum Gasteiger partial charge on any atom is 0.00697 e. The third kappa shape index (κ3) is 5.16. The van der Waals surface area contributed by atoms with Crippen molar-refractivity contribution in [3.05, 3.63) is 12.7 Å². The van der Waals surface area contributed by atoms with Crippen molar-refractivity contribution in [2.45, 2.75) is 77.3 Å². The third-order valence-electron chi connectivity index (χ3n) is 3.87. The Labute approximate surface area is 102 Å². The zero-order valence-electron chi connectivity index (χ0n) is 11.2. The molecule has 1 heteroatoms. The van der Waals surface area contributed by atoms with Gasteiger partial charge in [0.15, 0.2) is 0 Å². The normalized spacial score (nSPS) is 27.6. The van der Waals surface area contributed by atoms with Crippen LogP contribution in [-0.4, -0.2) is 12.1 Å². The van der Waals surface area contributed by atoms with Gasteiger partial charge in [0.1, 0.15) is 0 Å². The molecule has 0 spiro atoms. The van der Waals surface area contributed by atoms with Crippen molar-refractivity contribution in [1.29, 1.82) is 0 Å². The van der Waals surface area contributed by atoms with Crippen molar-refractivity contribution >= 4 is 0 Å². The first kappa shape index (κ1) is 13.8. The Hall–Kier alpha value is -0.300. The lowest BCUT2D eigenvalue weighted by atomic mass is 9.83. The van der Waals surface area contributed by atoms with Crippen LogP contribution in [0.5, 0.6) is 0 Å². The van der Waals surface area contributed by atoms with E-state index in [1.165, 1.54) is 44.9 Å². The van der Waals surface area contributed by atoms with Gasteiger partial charge in [-0.25, -0.2) is 0 Å². The minimum absolute atomic E-state index is 0.658. The Bertz CT molecular complexity index is 180. The van der Waals surface area contributed by atoms with Gasteiger partial charge in [-0.05, 0) is 51.4 Å². The summed E-state index contributed by atoms with van der Waals surface area (Å²) in [6.45, 7) is 8.40. The lowest BCUT2D eigenvalue weighted by molar-refractivity contribution is 0.263. The molecule has 0 saturated heterocycles. The van der Waals surface area contributed by atoms with Crippen molar-refractivity contribution in [2.24, 2.45) is 5.92 Å². The zero-order valence-corrected chi connectivity index (χ0v) is 11.2. The second-order valence-corrected chi connectivity index (χ2v) is 5.44. The summed E-state index contributed by atoms with van der Waals surface area (Å²) in [4.78, 5) is 0. The van der Waals surface area contributed by atoms with E-state index in [4.69, 9.17) is 0 Å². The number of rotatable bonds is 7. The maximum absolute atomic E-state index is 3.78. The highest BCUT2D eigenvalue weighted by Gasteiger charge is 2.21. The lowest BCUT2D eigenvalue weighted by Gasteiger charge is -2.31. The van der Waals surface area contributed by atoms with Crippen LogP contribution in [0.1, 0.15) is 65.2 Å². The Morgan fingerprint density at radius 2 is 2.00 bits per heavy atom. The molecule has 94 valence electrons. The topological polar surface area (TPSA) is 12.0 Å². The zero-order chi connectivity index (χ0) is 11.8. The van der Waals surface area contributed by atoms with E-state index in [2.05, 4.69) is 25.7 Å². The molecule has 1 nitrogen and oxygen atoms in total. The molecular weight excluding hydrogens is 194 g/mol. The molecule has 1 saturated carbocycles. The van der Waals surface area contributed by atoms with Gasteiger partial charge in [0.25, 0.3) is 0 Å². The summed E-state index contributed by atoms with van der Waals surface area (Å²) < 4.78 is 0. The SMILES string of the molecule is C=CCCC(C)NC1CCC(CCC)CC1. The Morgan fingerprint density at radius 3 is 2.56 bits per heavy atom. The summed E-state index contributed by atoms with van der Waals surface area (Å²) in [5.41, 5.74) is 0. The Balaban J connectivity index is 2.13. The van der Waals surface area contributed by atoms with Crippen LogP contribution in [0.3, 0.4) is 0 Å². The fourth-order valence-corrected chi connectivity index (χ4v) is 2.88. The molecule has 1 unspecified atom stereocenters. The summed E-state index contributed by atoms with van der Waals surface area (Å²) in [5.74, 6) is 1.02. The summed E-state index contributed by atoms with van der Waals surface area (Å²) in [6, 6.07) is 1.44. The molecule has 1 rings (SSSR count). The first-order valence-corrected chi connectivity index (χ1v) is 7.13. The molecule has 0 aromatic carbocycles. The average Bonchev–Trinajstić information content (AvgIpc) is 2.29. The van der Waals surface area contributed by atoms with Crippen LogP contribution in [0.15, 0.2) is 12.7 Å². The summed E-state index contributed by atoms with van der Waals surface area (Å²) in [6.07, 6.45) is 12.9. The van der Waals surface area contributed by atoms with E-state index in [0.717, 1.165) is 18.4 Å². The van der Waals surface area contributed by atoms with Crippen molar-refractivity contribution in [2.75, 3.05) is 0 Å². The molecule has 1 aliphatic carbocycles. The largest absolute Gasteiger partial charge is 0.311 e. The van der Waals surface area contributed by atoms with Gasteiger partial charge in [-0.15, -0.1) is 6.58 Å². The molecule has 16 heavy (non-hydrogen) atoms. The van der Waals surface area contributed by atoms with E-state index in [9.17, 15) is 0 Å². The Morgan fingerprint density at radius 1 is 1.31 bits per heavy atom. The molecule has 0 radical (unpaired) electrons. The predicted molar refractivity (Wildman–Crippen MR) is 72.7 cm³/mol. The molecule has 1 aliphatic rings. The van der Waals surface area contributed by atoms with Gasteiger partial charge >= 0.3 is 0 Å². The van der Waals surface area contributed by atoms with E-state index in [1.807, 2.05) is 6.08 Å². The molecule has 0 aromatic heterocycles. The van der Waals surface area contributed by atoms with Gasteiger partial charge in [0.2, 0.25) is 0 Å². The smallest absolute Gasteiger partial charge is 0.00697 e. The van der Waals surface area contributed by atoms with Crippen LogP contribution in [0, 0.1) is 5.92 Å². The minimum atomic E-state index is 0.658. The highest BCUT2D eigenvalue weighted by molar-refractivity contribution is 4.80. The first-order valence-electron chi connectivity index (χ1n) is 7.13. The van der Waals surface area contributed by atoms with E-state index in [-0.39, 0.29) is 0 Å². The second kappa shape index (κ2) is 7.89. The summed E-state index contributed by atoms with van der Waals surface area (Å²) >= 11 is 0. The van der Waals surface area contributed by atoms with Gasteiger partial charge in [0, 0.05) is 12.1 Å². The van der Waals surface area contributed by atoms with Crippen LogP contribution in [0.2, 0.25) is 0 Å². The van der Waals surface area contributed by atoms with Gasteiger partial charge < -0.3 is 5.32 Å². The molecule has 0 aliphatic heterocycles. The molecule has 0 aromatic rings. The fourth-order valence-electron chi connectivity index (χ4n) is 2.88. The predicted octanol–water partition coefficient (Wildman–Crippen LogP) is 4.29. The summed E-state index contributed by atoms with van der Waals surface area (Å²) in [7, 11) is 0. The van der Waals surface area contributed by atoms with Crippen LogP contribution in [0.4, 0.5) is 0 Å². The third-order valence-corrected chi connectivity index (χ3v) is 3.87. The number of nitrogens with one attached hydrogen (secondary N) is 1. The molecule has 1 fully saturated rings. The maximum atomic E-state index is 3.78. The van der Waals surface area contributed by atoms with Crippen LogP contribution in [0.25, 0.3) is 0 Å². The standard InChI is InChI=1S/C15H29N/c1-4-6-8-13(3)16-15-11-9-14(7-5-2)10-12-15/h4,13-16H,1,5-12H2,2-3H3. The summed E-state index contributed by atoms with van der Waals surface area (Å²) in [5, 5.41) is 3.77. The van der Waals surface area contributed by atoms with Gasteiger partial charge in [-0.1, -0.05) is 25.8 Å². The van der Waals surface area contributed by atoms with Crippen molar-refractivity contribution in [3.8, 4) is 0 Å². The van der Waals surface area contributed by atoms with Crippen molar-refractivity contribution < 1.29 is 0 Å². The Kier molecular flexibility index (Phi) is 6.79. The minimum Gasteiger partial charge on any atom is -0.311 e. The van der Waals surface area contributed by atoms with Crippen molar-refractivity contribution in [1.82, 2.24) is 5.32 Å². The van der Waals surface area contributed by atoms with E-state index in [1.54, 1.807) is 0 Å². The molecule has 0 bridgehead atoms.